The first-order valence-corrected chi connectivity index (χ1v) is 12.6. The van der Waals surface area contributed by atoms with Gasteiger partial charge >= 0.3 is 5.97 Å². The zero-order valence-electron chi connectivity index (χ0n) is 21.2. The summed E-state index contributed by atoms with van der Waals surface area (Å²) >= 11 is 0. The molecule has 0 atom stereocenters. The van der Waals surface area contributed by atoms with Gasteiger partial charge in [-0.2, -0.15) is 0 Å². The number of nitrogens with zero attached hydrogens (tertiary/aromatic N) is 3. The molecule has 5 rings (SSSR count). The van der Waals surface area contributed by atoms with Crippen molar-refractivity contribution < 1.29 is 14.7 Å². The second-order valence-electron chi connectivity index (χ2n) is 9.43. The highest BCUT2D eigenvalue weighted by Crippen LogP contribution is 2.27. The molecule has 0 unspecified atom stereocenters. The molecule has 0 radical (unpaired) electrons. The molecule has 1 heterocycles. The maximum Gasteiger partial charge on any atom is 0.335 e. The van der Waals surface area contributed by atoms with Crippen molar-refractivity contribution in [2.45, 2.75) is 33.0 Å². The lowest BCUT2D eigenvalue weighted by atomic mass is 10.1. The highest BCUT2D eigenvalue weighted by Gasteiger charge is 2.18. The largest absolute Gasteiger partial charge is 0.478 e. The van der Waals surface area contributed by atoms with Crippen LogP contribution in [0.25, 0.3) is 22.4 Å². The number of carbonyl (C=O) groups is 2. The molecule has 6 heteroatoms. The lowest BCUT2D eigenvalue weighted by molar-refractivity contribution is -0.132. The summed E-state index contributed by atoms with van der Waals surface area (Å²) in [5.41, 5.74) is 6.09. The van der Waals surface area contributed by atoms with Crippen molar-refractivity contribution in [3.8, 4) is 11.4 Å². The van der Waals surface area contributed by atoms with E-state index < -0.39 is 5.97 Å². The van der Waals surface area contributed by atoms with Crippen LogP contribution in [0.1, 0.15) is 33.5 Å². The van der Waals surface area contributed by atoms with Gasteiger partial charge in [-0.25, -0.2) is 9.78 Å². The van der Waals surface area contributed by atoms with E-state index in [1.54, 1.807) is 24.3 Å². The van der Waals surface area contributed by atoms with Gasteiger partial charge in [0.25, 0.3) is 0 Å². The summed E-state index contributed by atoms with van der Waals surface area (Å²) in [7, 11) is 0. The number of benzene rings is 4. The third-order valence-corrected chi connectivity index (χ3v) is 6.63. The Hall–Kier alpha value is -4.71. The zero-order chi connectivity index (χ0) is 26.5. The predicted octanol–water partition coefficient (Wildman–Crippen LogP) is 6.33. The molecule has 0 aliphatic carbocycles. The molecule has 1 N–H and O–H groups in total. The molecule has 0 aliphatic heterocycles. The van der Waals surface area contributed by atoms with Crippen LogP contribution in [0.15, 0.2) is 103 Å². The van der Waals surface area contributed by atoms with Crippen molar-refractivity contribution in [1.82, 2.24) is 14.5 Å². The second-order valence-corrected chi connectivity index (χ2v) is 9.43. The van der Waals surface area contributed by atoms with Crippen molar-refractivity contribution in [3.05, 3.63) is 125 Å². The van der Waals surface area contributed by atoms with Gasteiger partial charge in [-0.15, -0.1) is 0 Å². The molecule has 1 aromatic heterocycles. The van der Waals surface area contributed by atoms with Crippen molar-refractivity contribution in [1.29, 1.82) is 0 Å². The number of hydrogen-bond acceptors (Lipinski definition) is 3. The van der Waals surface area contributed by atoms with Gasteiger partial charge in [0, 0.05) is 31.6 Å². The minimum atomic E-state index is -0.969. The summed E-state index contributed by atoms with van der Waals surface area (Å²) in [6.45, 7) is 3.53. The van der Waals surface area contributed by atoms with Crippen molar-refractivity contribution in [2.24, 2.45) is 0 Å². The molecule has 1 amide bonds. The Morgan fingerprint density at radius 2 is 1.42 bits per heavy atom. The molecular weight excluding hydrogens is 474 g/mol. The van der Waals surface area contributed by atoms with E-state index in [0.717, 1.165) is 33.3 Å². The quantitative estimate of drug-likeness (QED) is 0.255. The molecule has 0 fully saturated rings. The summed E-state index contributed by atoms with van der Waals surface area (Å²) < 4.78 is 2.06. The number of carbonyl (C=O) groups excluding carboxylic acids is 1. The van der Waals surface area contributed by atoms with Crippen molar-refractivity contribution in [2.75, 3.05) is 0 Å². The topological polar surface area (TPSA) is 75.4 Å². The number of aromatic nitrogens is 2. The van der Waals surface area contributed by atoms with Crippen LogP contribution in [-0.2, 0) is 24.4 Å². The van der Waals surface area contributed by atoms with Crippen LogP contribution >= 0.6 is 0 Å². The first kappa shape index (κ1) is 25.0. The monoisotopic (exact) mass is 503 g/mol. The lowest BCUT2D eigenvalue weighted by Gasteiger charge is -2.23. The van der Waals surface area contributed by atoms with Gasteiger partial charge in [0.15, 0.2) is 0 Å². The molecule has 6 nitrogen and oxygen atoms in total. The van der Waals surface area contributed by atoms with Gasteiger partial charge in [-0.1, -0.05) is 78.9 Å². The van der Waals surface area contributed by atoms with Crippen LogP contribution in [0.4, 0.5) is 0 Å². The number of aromatic carboxylic acids is 1. The average Bonchev–Trinajstić information content (AvgIpc) is 3.30. The van der Waals surface area contributed by atoms with Crippen LogP contribution in [0.2, 0.25) is 0 Å². The fraction of sp³-hybridized carbons (Fsp3) is 0.156. The Balaban J connectivity index is 1.43. The van der Waals surface area contributed by atoms with Gasteiger partial charge in [-0.05, 0) is 47.9 Å². The molecular formula is C32H29N3O3. The summed E-state index contributed by atoms with van der Waals surface area (Å²) in [6.07, 6.45) is 0.305. The summed E-state index contributed by atoms with van der Waals surface area (Å²) in [5, 5.41) is 9.29. The third kappa shape index (κ3) is 5.65. The Morgan fingerprint density at radius 3 is 2.00 bits per heavy atom. The highest BCUT2D eigenvalue weighted by atomic mass is 16.4. The number of imidazole rings is 1. The Bertz CT molecular complexity index is 1520. The number of aryl methyl sites for hydroxylation is 2. The summed E-state index contributed by atoms with van der Waals surface area (Å²) in [6, 6.07) is 32.9. The standard InChI is InChI=1S/C32H29N3O3/c1-23-12-17-29-28(20-23)33-31(26-13-15-27(16-14-26)32(37)38)35(29)19-18-30(36)34(21-24-8-4-2-5-9-24)22-25-10-6-3-7-11-25/h2-17,20H,18-19,21-22H2,1H3,(H,37,38). The first-order valence-electron chi connectivity index (χ1n) is 12.6. The maximum atomic E-state index is 13.6. The van der Waals surface area contributed by atoms with Crippen LogP contribution in [-0.4, -0.2) is 31.4 Å². The number of amides is 1. The predicted molar refractivity (Wildman–Crippen MR) is 149 cm³/mol. The highest BCUT2D eigenvalue weighted by molar-refractivity contribution is 5.88. The van der Waals surface area contributed by atoms with Crippen molar-refractivity contribution >= 4 is 22.9 Å². The molecule has 38 heavy (non-hydrogen) atoms. The fourth-order valence-corrected chi connectivity index (χ4v) is 4.65. The van der Waals surface area contributed by atoms with Gasteiger partial charge in [0.2, 0.25) is 5.91 Å². The second kappa shape index (κ2) is 11.1. The van der Waals surface area contributed by atoms with Gasteiger partial charge in [-0.3, -0.25) is 4.79 Å². The number of rotatable bonds is 9. The number of carboxylic acids is 1. The zero-order valence-corrected chi connectivity index (χ0v) is 21.2. The van der Waals surface area contributed by atoms with Crippen LogP contribution in [0.5, 0.6) is 0 Å². The fourth-order valence-electron chi connectivity index (χ4n) is 4.65. The molecule has 0 saturated heterocycles. The molecule has 0 bridgehead atoms. The van der Waals surface area contributed by atoms with E-state index in [1.807, 2.05) is 90.7 Å². The Morgan fingerprint density at radius 1 is 0.816 bits per heavy atom. The molecule has 190 valence electrons. The lowest BCUT2D eigenvalue weighted by Crippen LogP contribution is -2.30. The molecule has 4 aromatic carbocycles. The number of fused-ring (bicyclic) bond motifs is 1. The van der Waals surface area contributed by atoms with Gasteiger partial charge in [0.05, 0.1) is 16.6 Å². The minimum Gasteiger partial charge on any atom is -0.478 e. The van der Waals surface area contributed by atoms with Crippen LogP contribution in [0.3, 0.4) is 0 Å². The van der Waals surface area contributed by atoms with Crippen molar-refractivity contribution in [3.63, 3.8) is 0 Å². The van der Waals surface area contributed by atoms with E-state index in [9.17, 15) is 14.7 Å². The van der Waals surface area contributed by atoms with Crippen LogP contribution in [0, 0.1) is 6.92 Å². The van der Waals surface area contributed by atoms with Crippen LogP contribution < -0.4 is 0 Å². The molecule has 0 spiro atoms. The SMILES string of the molecule is Cc1ccc2c(c1)nc(-c1ccc(C(=O)O)cc1)n2CCC(=O)N(Cc1ccccc1)Cc1ccccc1. The number of hydrogen-bond donors (Lipinski definition) is 1. The molecule has 5 aromatic rings. The first-order chi connectivity index (χ1) is 18.5. The summed E-state index contributed by atoms with van der Waals surface area (Å²) in [5.74, 6) is -0.199. The normalized spacial score (nSPS) is 11.0. The maximum absolute atomic E-state index is 13.6. The molecule has 0 aliphatic rings. The minimum absolute atomic E-state index is 0.0545. The van der Waals surface area contributed by atoms with E-state index in [-0.39, 0.29) is 11.5 Å². The van der Waals surface area contributed by atoms with E-state index in [0.29, 0.717) is 31.9 Å². The van der Waals surface area contributed by atoms with E-state index in [1.165, 1.54) is 0 Å². The Labute approximate surface area is 221 Å². The number of carboxylic acid groups (broad SMARTS) is 1. The summed E-state index contributed by atoms with van der Waals surface area (Å²) in [4.78, 5) is 31.7. The van der Waals surface area contributed by atoms with E-state index in [4.69, 9.17) is 4.98 Å². The van der Waals surface area contributed by atoms with E-state index in [2.05, 4.69) is 4.57 Å². The molecule has 0 saturated carbocycles. The third-order valence-electron chi connectivity index (χ3n) is 6.63. The average molecular weight is 504 g/mol. The smallest absolute Gasteiger partial charge is 0.335 e. The van der Waals surface area contributed by atoms with Gasteiger partial charge < -0.3 is 14.6 Å². The van der Waals surface area contributed by atoms with E-state index >= 15 is 0 Å². The van der Waals surface area contributed by atoms with Gasteiger partial charge in [0.1, 0.15) is 5.82 Å². The Kier molecular flexibility index (Phi) is 7.31.